The second-order valence-corrected chi connectivity index (χ2v) is 14.3. The van der Waals surface area contributed by atoms with Crippen molar-refractivity contribution in [1.29, 1.82) is 0 Å². The first kappa shape index (κ1) is 27.3. The number of hydrogen-bond acceptors (Lipinski definition) is 3. The zero-order valence-electron chi connectivity index (χ0n) is 26.5. The maximum atomic E-state index is 5.46. The minimum Gasteiger partial charge on any atom is -0.278 e. The van der Waals surface area contributed by atoms with E-state index in [9.17, 15) is 0 Å². The average Bonchev–Trinajstić information content (AvgIpc) is 3.64. The quantitative estimate of drug-likeness (QED) is 0.175. The molecule has 4 heteroatoms. The third-order valence-electron chi connectivity index (χ3n) is 10.8. The predicted molar refractivity (Wildman–Crippen MR) is 202 cm³/mol. The Balaban J connectivity index is 1.23. The molecule has 7 aromatic rings. The van der Waals surface area contributed by atoms with E-state index < -0.39 is 5.41 Å². The van der Waals surface area contributed by atoms with Crippen molar-refractivity contribution in [3.8, 4) is 11.1 Å². The normalized spacial score (nSPS) is 19.2. The minimum absolute atomic E-state index is 0.0604. The standard InChI is InChI=1S/C45H29N3S/c1-2-14-28(15-3-1)43-32-19-6-11-23-38(32)46-44(47-43)48-39-24-12-7-18-31(39)33-26-37-42(27-40(33)48)49-41-25-13-10-22-36(41)45(37)34-20-8-4-16-29(34)30-17-5-9-21-35(30)45/h1-27,32,43H. The molecule has 2 aliphatic heterocycles. The molecule has 0 N–H and O–H groups in total. The Morgan fingerprint density at radius 2 is 1.27 bits per heavy atom. The number of fused-ring (bicyclic) bond motifs is 13. The van der Waals surface area contributed by atoms with Crippen molar-refractivity contribution in [3.05, 3.63) is 192 Å². The molecule has 2 aliphatic carbocycles. The number of hydrogen-bond donors (Lipinski definition) is 0. The summed E-state index contributed by atoms with van der Waals surface area (Å²) in [7, 11) is 0. The van der Waals surface area contributed by atoms with Crippen LogP contribution in [0.5, 0.6) is 0 Å². The van der Waals surface area contributed by atoms with Crippen LogP contribution in [-0.2, 0) is 5.41 Å². The largest absolute Gasteiger partial charge is 0.278 e. The SMILES string of the molecule is C1=CC2=NC(n3c4ccccc4c4cc5c(cc43)Sc3ccccc3C53c4ccccc4-c4ccccc43)=NC(c3ccccc3)C2C=C1. The third kappa shape index (κ3) is 3.64. The van der Waals surface area contributed by atoms with Crippen molar-refractivity contribution in [2.75, 3.05) is 0 Å². The summed E-state index contributed by atoms with van der Waals surface area (Å²) in [6.45, 7) is 0. The van der Waals surface area contributed by atoms with Gasteiger partial charge in [-0.1, -0.05) is 145 Å². The first-order chi connectivity index (χ1) is 24.3. The maximum Gasteiger partial charge on any atom is 0.230 e. The summed E-state index contributed by atoms with van der Waals surface area (Å²) in [4.78, 5) is 13.3. The first-order valence-electron chi connectivity index (χ1n) is 16.9. The average molecular weight is 644 g/mol. The smallest absolute Gasteiger partial charge is 0.230 e. The number of para-hydroxylation sites is 1. The van der Waals surface area contributed by atoms with Crippen LogP contribution in [0, 0.1) is 5.92 Å². The molecular formula is C45H29N3S. The first-order valence-corrected chi connectivity index (χ1v) is 17.7. The zero-order valence-corrected chi connectivity index (χ0v) is 27.3. The summed E-state index contributed by atoms with van der Waals surface area (Å²) < 4.78 is 2.31. The summed E-state index contributed by atoms with van der Waals surface area (Å²) >= 11 is 1.88. The van der Waals surface area contributed by atoms with Gasteiger partial charge >= 0.3 is 0 Å². The van der Waals surface area contributed by atoms with Crippen LogP contribution in [0.1, 0.15) is 33.9 Å². The van der Waals surface area contributed by atoms with Crippen molar-refractivity contribution in [3.63, 3.8) is 0 Å². The molecule has 6 aromatic carbocycles. The predicted octanol–water partition coefficient (Wildman–Crippen LogP) is 10.8. The number of nitrogens with zero attached hydrogens (tertiary/aromatic N) is 3. The molecule has 1 spiro atoms. The topological polar surface area (TPSA) is 29.6 Å². The van der Waals surface area contributed by atoms with Gasteiger partial charge < -0.3 is 0 Å². The molecule has 2 atom stereocenters. The van der Waals surface area contributed by atoms with Gasteiger partial charge in [0.15, 0.2) is 0 Å². The molecule has 0 bridgehead atoms. The summed E-state index contributed by atoms with van der Waals surface area (Å²) in [6, 6.07) is 51.3. The molecular weight excluding hydrogens is 615 g/mol. The van der Waals surface area contributed by atoms with E-state index in [0.717, 1.165) is 22.7 Å². The van der Waals surface area contributed by atoms with E-state index in [0.29, 0.717) is 0 Å². The van der Waals surface area contributed by atoms with Crippen molar-refractivity contribution < 1.29 is 0 Å². The fourth-order valence-electron chi connectivity index (χ4n) is 8.85. The van der Waals surface area contributed by atoms with Crippen LogP contribution in [0.2, 0.25) is 0 Å². The minimum atomic E-state index is -0.421. The summed E-state index contributed by atoms with van der Waals surface area (Å²) in [5.41, 5.74) is 12.1. The van der Waals surface area contributed by atoms with Gasteiger partial charge in [0.2, 0.25) is 5.96 Å². The number of allylic oxidation sites excluding steroid dienone is 3. The van der Waals surface area contributed by atoms with Gasteiger partial charge in [-0.15, -0.1) is 0 Å². The highest BCUT2D eigenvalue weighted by Gasteiger charge is 2.50. The molecule has 230 valence electrons. The molecule has 11 rings (SSSR count). The fraction of sp³-hybridized carbons (Fsp3) is 0.0667. The van der Waals surface area contributed by atoms with Gasteiger partial charge in [-0.3, -0.25) is 4.57 Å². The van der Waals surface area contributed by atoms with Gasteiger partial charge in [0.1, 0.15) is 0 Å². The molecule has 0 amide bonds. The van der Waals surface area contributed by atoms with Gasteiger partial charge in [-0.25, -0.2) is 9.98 Å². The van der Waals surface area contributed by atoms with E-state index in [2.05, 4.69) is 168 Å². The fourth-order valence-corrected chi connectivity index (χ4v) is 10.1. The van der Waals surface area contributed by atoms with Gasteiger partial charge in [-0.05, 0) is 69.3 Å². The van der Waals surface area contributed by atoms with Crippen molar-refractivity contribution in [2.24, 2.45) is 15.9 Å². The Hall–Kier alpha value is -5.71. The van der Waals surface area contributed by atoms with Crippen LogP contribution >= 0.6 is 11.8 Å². The van der Waals surface area contributed by atoms with Crippen LogP contribution in [0.3, 0.4) is 0 Å². The third-order valence-corrected chi connectivity index (χ3v) is 12.0. The van der Waals surface area contributed by atoms with Gasteiger partial charge in [0.25, 0.3) is 0 Å². The molecule has 49 heavy (non-hydrogen) atoms. The van der Waals surface area contributed by atoms with Crippen LogP contribution in [0.25, 0.3) is 32.9 Å². The lowest BCUT2D eigenvalue weighted by atomic mass is 9.67. The second-order valence-electron chi connectivity index (χ2n) is 13.2. The van der Waals surface area contributed by atoms with Crippen LogP contribution in [0.4, 0.5) is 0 Å². The lowest BCUT2D eigenvalue weighted by molar-refractivity contribution is 0.636. The molecule has 3 nitrogen and oxygen atoms in total. The Morgan fingerprint density at radius 1 is 0.571 bits per heavy atom. The Kier molecular flexibility index (Phi) is 5.65. The van der Waals surface area contributed by atoms with E-state index in [4.69, 9.17) is 9.98 Å². The molecule has 2 unspecified atom stereocenters. The van der Waals surface area contributed by atoms with E-state index >= 15 is 0 Å². The summed E-state index contributed by atoms with van der Waals surface area (Å²) in [6.07, 6.45) is 8.60. The van der Waals surface area contributed by atoms with Crippen LogP contribution < -0.4 is 0 Å². The molecule has 0 saturated carbocycles. The summed E-state index contributed by atoms with van der Waals surface area (Å²) in [5, 5.41) is 2.43. The molecule has 0 saturated heterocycles. The lowest BCUT2D eigenvalue weighted by Gasteiger charge is -2.39. The van der Waals surface area contributed by atoms with Crippen LogP contribution in [-0.4, -0.2) is 16.2 Å². The molecule has 0 fully saturated rings. The van der Waals surface area contributed by atoms with E-state index in [1.54, 1.807) is 0 Å². The monoisotopic (exact) mass is 643 g/mol. The Bertz CT molecular complexity index is 2610. The summed E-state index contributed by atoms with van der Waals surface area (Å²) in [5.74, 6) is 0.838. The highest BCUT2D eigenvalue weighted by atomic mass is 32.2. The number of benzene rings is 6. The molecule has 0 radical (unpaired) electrons. The Labute approximate surface area is 288 Å². The Morgan fingerprint density at radius 3 is 2.08 bits per heavy atom. The number of aromatic nitrogens is 1. The molecule has 4 aliphatic rings. The highest BCUT2D eigenvalue weighted by molar-refractivity contribution is 7.99. The molecule has 1 aromatic heterocycles. The second kappa shape index (κ2) is 10.1. The van der Waals surface area contributed by atoms with Crippen molar-refractivity contribution in [2.45, 2.75) is 21.2 Å². The number of rotatable bonds is 1. The van der Waals surface area contributed by atoms with E-state index in [1.807, 2.05) is 11.8 Å². The highest BCUT2D eigenvalue weighted by Crippen LogP contribution is 2.62. The lowest BCUT2D eigenvalue weighted by Crippen LogP contribution is -2.32. The molecule has 3 heterocycles. The van der Waals surface area contributed by atoms with Gasteiger partial charge in [0.05, 0.1) is 28.2 Å². The maximum absolute atomic E-state index is 5.46. The number of aliphatic imine (C=N–C) groups is 2. The zero-order chi connectivity index (χ0) is 32.1. The van der Waals surface area contributed by atoms with Crippen molar-refractivity contribution >= 4 is 45.2 Å². The van der Waals surface area contributed by atoms with Gasteiger partial charge in [0, 0.05) is 26.5 Å². The van der Waals surface area contributed by atoms with Gasteiger partial charge in [-0.2, -0.15) is 0 Å². The van der Waals surface area contributed by atoms with Crippen molar-refractivity contribution in [1.82, 2.24) is 4.57 Å². The van der Waals surface area contributed by atoms with E-state index in [1.165, 1.54) is 59.5 Å². The van der Waals surface area contributed by atoms with E-state index in [-0.39, 0.29) is 12.0 Å². The van der Waals surface area contributed by atoms with Crippen LogP contribution in [0.15, 0.2) is 184 Å².